The summed E-state index contributed by atoms with van der Waals surface area (Å²) in [6.07, 6.45) is 2.67. The Balaban J connectivity index is 1.65. The fourth-order valence-electron chi connectivity index (χ4n) is 6.02. The average molecular weight is 464 g/mol. The van der Waals surface area contributed by atoms with Crippen LogP contribution in [0.3, 0.4) is 0 Å². The highest BCUT2D eigenvalue weighted by Gasteiger charge is 2.54. The lowest BCUT2D eigenvalue weighted by atomic mass is 9.75. The maximum absolute atomic E-state index is 13.5. The van der Waals surface area contributed by atoms with Crippen LogP contribution >= 0.6 is 0 Å². The van der Waals surface area contributed by atoms with Gasteiger partial charge in [0.15, 0.2) is 0 Å². The standard InChI is InChI=1S/C28H37N3O3/c1-6-17(2)24-27(34)30-25(21-15-19-11-7-8-12-20(19)16-21)28(4,5)31(24)18(3)26(33)29-22-13-9-10-14-23(22)32/h7-14,17-18,21,24-25,32H,6,15-16H2,1-5H3,(H,29,33)(H,30,34)/t17?,18?,24-,25?/m1/s1. The number of piperazine rings is 1. The molecule has 2 aromatic rings. The number of carbonyl (C=O) groups excluding carboxylic acids is 2. The Morgan fingerprint density at radius 2 is 1.71 bits per heavy atom. The molecule has 6 heteroatoms. The number of fused-ring (bicyclic) bond motifs is 1. The Morgan fingerprint density at radius 3 is 2.29 bits per heavy atom. The number of aromatic hydroxyl groups is 1. The van der Waals surface area contributed by atoms with Crippen molar-refractivity contribution in [1.82, 2.24) is 10.2 Å². The minimum atomic E-state index is -0.564. The zero-order valence-corrected chi connectivity index (χ0v) is 20.8. The molecule has 34 heavy (non-hydrogen) atoms. The molecule has 1 aliphatic carbocycles. The molecule has 1 fully saturated rings. The summed E-state index contributed by atoms with van der Waals surface area (Å²) >= 11 is 0. The first kappa shape index (κ1) is 24.3. The van der Waals surface area contributed by atoms with Crippen molar-refractivity contribution in [1.29, 1.82) is 0 Å². The Morgan fingerprint density at radius 1 is 1.12 bits per heavy atom. The van der Waals surface area contributed by atoms with Crippen LogP contribution in [0.4, 0.5) is 5.69 Å². The van der Waals surface area contributed by atoms with E-state index >= 15 is 0 Å². The first-order valence-corrected chi connectivity index (χ1v) is 12.4. The fourth-order valence-corrected chi connectivity index (χ4v) is 6.02. The number of nitrogens with one attached hydrogen (secondary N) is 2. The summed E-state index contributed by atoms with van der Waals surface area (Å²) in [6, 6.07) is 14.1. The SMILES string of the molecule is CCC(C)[C@@H]1C(=O)NC(C2Cc3ccccc3C2)C(C)(C)N1C(C)C(=O)Nc1ccccc1O. The van der Waals surface area contributed by atoms with E-state index in [4.69, 9.17) is 0 Å². The van der Waals surface area contributed by atoms with Gasteiger partial charge in [-0.3, -0.25) is 14.5 Å². The quantitative estimate of drug-likeness (QED) is 0.563. The molecule has 0 saturated carbocycles. The van der Waals surface area contributed by atoms with Crippen LogP contribution in [0.1, 0.15) is 52.2 Å². The third-order valence-corrected chi connectivity index (χ3v) is 7.99. The molecule has 3 N–H and O–H groups in total. The van der Waals surface area contributed by atoms with Crippen LogP contribution in [0.25, 0.3) is 0 Å². The van der Waals surface area contributed by atoms with Crippen molar-refractivity contribution in [3.8, 4) is 5.75 Å². The number of para-hydroxylation sites is 2. The van der Waals surface area contributed by atoms with Crippen molar-refractivity contribution in [3.05, 3.63) is 59.7 Å². The Kier molecular flexibility index (Phi) is 6.72. The molecule has 1 heterocycles. The van der Waals surface area contributed by atoms with Crippen LogP contribution in [0.2, 0.25) is 0 Å². The second kappa shape index (κ2) is 9.41. The van der Waals surface area contributed by atoms with Gasteiger partial charge in [-0.25, -0.2) is 0 Å². The van der Waals surface area contributed by atoms with Crippen LogP contribution in [0.5, 0.6) is 5.75 Å². The molecule has 6 nitrogen and oxygen atoms in total. The number of anilines is 1. The lowest BCUT2D eigenvalue weighted by Crippen LogP contribution is -2.76. The van der Waals surface area contributed by atoms with Gasteiger partial charge in [-0.2, -0.15) is 0 Å². The van der Waals surface area contributed by atoms with E-state index in [0.29, 0.717) is 5.69 Å². The lowest BCUT2D eigenvalue weighted by molar-refractivity contribution is -0.150. The molecule has 2 aliphatic rings. The Labute approximate surface area is 202 Å². The number of carbonyl (C=O) groups is 2. The van der Waals surface area contributed by atoms with Gasteiger partial charge in [0.25, 0.3) is 0 Å². The van der Waals surface area contributed by atoms with E-state index in [1.54, 1.807) is 24.3 Å². The number of hydrogen-bond donors (Lipinski definition) is 3. The van der Waals surface area contributed by atoms with Gasteiger partial charge >= 0.3 is 0 Å². The predicted molar refractivity (Wildman–Crippen MR) is 135 cm³/mol. The molecule has 1 saturated heterocycles. The van der Waals surface area contributed by atoms with Gasteiger partial charge in [-0.15, -0.1) is 0 Å². The maximum Gasteiger partial charge on any atom is 0.241 e. The lowest BCUT2D eigenvalue weighted by Gasteiger charge is -2.56. The molecular formula is C28H37N3O3. The van der Waals surface area contributed by atoms with Crippen molar-refractivity contribution in [2.24, 2.45) is 11.8 Å². The molecule has 0 aromatic heterocycles. The van der Waals surface area contributed by atoms with Gasteiger partial charge in [0, 0.05) is 5.54 Å². The molecular weight excluding hydrogens is 426 g/mol. The number of benzene rings is 2. The highest BCUT2D eigenvalue weighted by atomic mass is 16.3. The molecule has 4 atom stereocenters. The van der Waals surface area contributed by atoms with Crippen LogP contribution < -0.4 is 10.6 Å². The maximum atomic E-state index is 13.5. The van der Waals surface area contributed by atoms with Gasteiger partial charge < -0.3 is 15.7 Å². The summed E-state index contributed by atoms with van der Waals surface area (Å²) in [5, 5.41) is 16.4. The first-order chi connectivity index (χ1) is 16.1. The number of phenols is 1. The largest absolute Gasteiger partial charge is 0.506 e. The zero-order chi connectivity index (χ0) is 24.6. The topological polar surface area (TPSA) is 81.7 Å². The van der Waals surface area contributed by atoms with Crippen molar-refractivity contribution >= 4 is 17.5 Å². The van der Waals surface area contributed by atoms with E-state index in [1.165, 1.54) is 11.1 Å². The molecule has 2 aromatic carbocycles. The van der Waals surface area contributed by atoms with E-state index in [2.05, 4.69) is 67.5 Å². The second-order valence-corrected chi connectivity index (χ2v) is 10.5. The van der Waals surface area contributed by atoms with E-state index < -0.39 is 17.6 Å². The van der Waals surface area contributed by atoms with Gasteiger partial charge in [0.2, 0.25) is 11.8 Å². The highest BCUT2D eigenvalue weighted by molar-refractivity contribution is 5.96. The third kappa shape index (κ3) is 4.31. The molecule has 3 unspecified atom stereocenters. The van der Waals surface area contributed by atoms with Crippen LogP contribution in [-0.4, -0.2) is 45.5 Å². The van der Waals surface area contributed by atoms with E-state index in [9.17, 15) is 14.7 Å². The summed E-state index contributed by atoms with van der Waals surface area (Å²) in [5.41, 5.74) is 2.61. The predicted octanol–water partition coefficient (Wildman–Crippen LogP) is 4.13. The molecule has 2 amide bonds. The zero-order valence-electron chi connectivity index (χ0n) is 20.8. The van der Waals surface area contributed by atoms with E-state index in [0.717, 1.165) is 19.3 Å². The number of rotatable bonds is 6. The summed E-state index contributed by atoms with van der Waals surface area (Å²) < 4.78 is 0. The van der Waals surface area contributed by atoms with E-state index in [1.807, 2.05) is 6.92 Å². The normalized spacial score (nSPS) is 24.2. The van der Waals surface area contributed by atoms with Crippen molar-refractivity contribution in [3.63, 3.8) is 0 Å². The Bertz CT molecular complexity index is 1040. The fraction of sp³-hybridized carbons (Fsp3) is 0.500. The van der Waals surface area contributed by atoms with Crippen LogP contribution in [0.15, 0.2) is 48.5 Å². The first-order valence-electron chi connectivity index (χ1n) is 12.4. The monoisotopic (exact) mass is 463 g/mol. The summed E-state index contributed by atoms with van der Waals surface area (Å²) in [7, 11) is 0. The van der Waals surface area contributed by atoms with Gasteiger partial charge in [0.1, 0.15) is 5.75 Å². The van der Waals surface area contributed by atoms with Crippen molar-refractivity contribution in [2.45, 2.75) is 77.5 Å². The minimum Gasteiger partial charge on any atom is -0.506 e. The molecule has 182 valence electrons. The molecule has 4 rings (SSSR count). The number of hydrogen-bond acceptors (Lipinski definition) is 4. The summed E-state index contributed by atoms with van der Waals surface area (Å²) in [4.78, 5) is 29.1. The number of amides is 2. The number of phenolic OH excluding ortho intramolecular Hbond substituents is 1. The summed E-state index contributed by atoms with van der Waals surface area (Å²) in [5.74, 6) is 0.146. The summed E-state index contributed by atoms with van der Waals surface area (Å²) in [6.45, 7) is 10.3. The van der Waals surface area contributed by atoms with Gasteiger partial charge in [-0.1, -0.05) is 56.7 Å². The van der Waals surface area contributed by atoms with Crippen LogP contribution in [-0.2, 0) is 22.4 Å². The number of nitrogens with zero attached hydrogens (tertiary/aromatic N) is 1. The molecule has 1 aliphatic heterocycles. The average Bonchev–Trinajstić information content (AvgIpc) is 3.24. The van der Waals surface area contributed by atoms with E-state index in [-0.39, 0.29) is 35.4 Å². The second-order valence-electron chi connectivity index (χ2n) is 10.5. The highest BCUT2D eigenvalue weighted by Crippen LogP contribution is 2.40. The van der Waals surface area contributed by atoms with Crippen molar-refractivity contribution < 1.29 is 14.7 Å². The Hall–Kier alpha value is -2.86. The molecule has 0 spiro atoms. The molecule has 0 bridgehead atoms. The molecule has 0 radical (unpaired) electrons. The third-order valence-electron chi connectivity index (χ3n) is 7.99. The van der Waals surface area contributed by atoms with Gasteiger partial charge in [0.05, 0.1) is 23.8 Å². The minimum absolute atomic E-state index is 0.00293. The van der Waals surface area contributed by atoms with Crippen LogP contribution in [0, 0.1) is 11.8 Å². The van der Waals surface area contributed by atoms with Gasteiger partial charge in [-0.05, 0) is 68.7 Å². The smallest absolute Gasteiger partial charge is 0.241 e. The van der Waals surface area contributed by atoms with Crippen molar-refractivity contribution in [2.75, 3.05) is 5.32 Å².